The maximum Gasteiger partial charge on any atom is 0.267 e. The maximum absolute atomic E-state index is 12.8. The summed E-state index contributed by atoms with van der Waals surface area (Å²) in [6.45, 7) is 3.76. The third-order valence-corrected chi connectivity index (χ3v) is 5.25. The third kappa shape index (κ3) is 2.97. The van der Waals surface area contributed by atoms with Crippen LogP contribution in [0.2, 0.25) is 0 Å². The second-order valence-electron chi connectivity index (χ2n) is 6.19. The van der Waals surface area contributed by atoms with E-state index in [1.807, 2.05) is 44.4 Å². The zero-order valence-electron chi connectivity index (χ0n) is 15.1. The van der Waals surface area contributed by atoms with Gasteiger partial charge in [-0.05, 0) is 49.4 Å². The molecule has 0 saturated heterocycles. The molecule has 0 atom stereocenters. The van der Waals surface area contributed by atoms with Crippen LogP contribution in [0.3, 0.4) is 0 Å². The van der Waals surface area contributed by atoms with Crippen LogP contribution in [-0.4, -0.2) is 21.8 Å². The van der Waals surface area contributed by atoms with Gasteiger partial charge in [0.2, 0.25) is 0 Å². The van der Waals surface area contributed by atoms with Gasteiger partial charge in [-0.25, -0.2) is 0 Å². The van der Waals surface area contributed by atoms with Gasteiger partial charge in [-0.15, -0.1) is 11.8 Å². The number of benzene rings is 2. The Hall–Kier alpha value is -2.73. The lowest BCUT2D eigenvalue weighted by Gasteiger charge is -2.14. The summed E-state index contributed by atoms with van der Waals surface area (Å²) in [4.78, 5) is 26.5. The second-order valence-corrected chi connectivity index (χ2v) is 7.07. The van der Waals surface area contributed by atoms with Gasteiger partial charge in [-0.2, -0.15) is 0 Å². The topological polar surface area (TPSA) is 71.3 Å². The summed E-state index contributed by atoms with van der Waals surface area (Å²) in [5.74, 6) is -0.903. The smallest absolute Gasteiger partial charge is 0.267 e. The fourth-order valence-corrected chi connectivity index (χ4v) is 3.47. The van der Waals surface area contributed by atoms with Crippen LogP contribution in [-0.2, 0) is 7.05 Å². The standard InChI is InChI=1S/C20H20N2O3S/c1-11-6-5-7-12(2)17(11)21-19(24)16-18(23)14-10-13(26-4)8-9-15(14)22(3)20(16)25/h5-10,23H,1-4H3,(H,21,24). The molecular formula is C20H20N2O3S. The van der Waals surface area contributed by atoms with Crippen molar-refractivity contribution in [2.45, 2.75) is 18.7 Å². The largest absolute Gasteiger partial charge is 0.506 e. The van der Waals surface area contributed by atoms with Gasteiger partial charge in [0.15, 0.2) is 0 Å². The van der Waals surface area contributed by atoms with Crippen molar-refractivity contribution >= 4 is 34.3 Å². The van der Waals surface area contributed by atoms with E-state index in [2.05, 4.69) is 5.32 Å². The summed E-state index contributed by atoms with van der Waals surface area (Å²) >= 11 is 1.52. The molecule has 3 rings (SSSR count). The molecule has 0 unspecified atom stereocenters. The van der Waals surface area contributed by atoms with Gasteiger partial charge < -0.3 is 15.0 Å². The molecule has 5 nitrogen and oxygen atoms in total. The Bertz CT molecular complexity index is 1070. The van der Waals surface area contributed by atoms with E-state index in [-0.39, 0.29) is 11.3 Å². The third-order valence-electron chi connectivity index (χ3n) is 4.52. The molecule has 0 aliphatic carbocycles. The molecule has 26 heavy (non-hydrogen) atoms. The maximum atomic E-state index is 12.8. The molecule has 0 spiro atoms. The minimum absolute atomic E-state index is 0.249. The predicted molar refractivity (Wildman–Crippen MR) is 107 cm³/mol. The van der Waals surface area contributed by atoms with Crippen LogP contribution in [0.15, 0.2) is 46.1 Å². The fourth-order valence-electron chi connectivity index (χ4n) is 3.03. The number of thioether (sulfide) groups is 1. The molecule has 134 valence electrons. The number of hydrogen-bond acceptors (Lipinski definition) is 4. The zero-order valence-corrected chi connectivity index (χ0v) is 15.9. The molecule has 0 saturated carbocycles. The number of rotatable bonds is 3. The first-order chi connectivity index (χ1) is 12.3. The number of nitrogens with one attached hydrogen (secondary N) is 1. The minimum Gasteiger partial charge on any atom is -0.506 e. The van der Waals surface area contributed by atoms with Crippen molar-refractivity contribution in [1.29, 1.82) is 0 Å². The molecule has 6 heteroatoms. The van der Waals surface area contributed by atoms with Crippen molar-refractivity contribution in [2.75, 3.05) is 11.6 Å². The lowest BCUT2D eigenvalue weighted by molar-refractivity contribution is 0.102. The number of carbonyl (C=O) groups is 1. The van der Waals surface area contributed by atoms with E-state index in [0.29, 0.717) is 16.6 Å². The molecule has 2 aromatic carbocycles. The highest BCUT2D eigenvalue weighted by molar-refractivity contribution is 7.98. The average Bonchev–Trinajstić information content (AvgIpc) is 2.62. The zero-order chi connectivity index (χ0) is 19.0. The fraction of sp³-hybridized carbons (Fsp3) is 0.200. The number of aromatic hydroxyl groups is 1. The van der Waals surface area contributed by atoms with Crippen molar-refractivity contribution in [3.05, 3.63) is 63.4 Å². The Morgan fingerprint density at radius 1 is 1.15 bits per heavy atom. The summed E-state index contributed by atoms with van der Waals surface area (Å²) < 4.78 is 1.39. The quantitative estimate of drug-likeness (QED) is 0.689. The van der Waals surface area contributed by atoms with Crippen LogP contribution < -0.4 is 10.9 Å². The Kier molecular flexibility index (Phi) is 4.78. The van der Waals surface area contributed by atoms with Crippen LogP contribution >= 0.6 is 11.8 Å². The first-order valence-electron chi connectivity index (χ1n) is 8.12. The first kappa shape index (κ1) is 18.1. The average molecular weight is 368 g/mol. The Morgan fingerprint density at radius 2 is 1.81 bits per heavy atom. The van der Waals surface area contributed by atoms with Crippen molar-refractivity contribution in [1.82, 2.24) is 4.57 Å². The van der Waals surface area contributed by atoms with E-state index in [1.165, 1.54) is 16.3 Å². The van der Waals surface area contributed by atoms with Crippen molar-refractivity contribution in [3.8, 4) is 5.75 Å². The van der Waals surface area contributed by atoms with Gasteiger partial charge in [0.25, 0.3) is 11.5 Å². The lowest BCUT2D eigenvalue weighted by Crippen LogP contribution is -2.28. The Morgan fingerprint density at radius 3 is 2.42 bits per heavy atom. The molecular weight excluding hydrogens is 348 g/mol. The molecule has 0 aliphatic heterocycles. The van der Waals surface area contributed by atoms with E-state index in [0.717, 1.165) is 16.0 Å². The van der Waals surface area contributed by atoms with Gasteiger partial charge >= 0.3 is 0 Å². The second kappa shape index (κ2) is 6.88. The van der Waals surface area contributed by atoms with Crippen molar-refractivity contribution < 1.29 is 9.90 Å². The predicted octanol–water partition coefficient (Wildman–Crippen LogP) is 3.84. The molecule has 2 N–H and O–H groups in total. The number of aryl methyl sites for hydroxylation is 3. The molecule has 0 bridgehead atoms. The van der Waals surface area contributed by atoms with Crippen LogP contribution in [0.5, 0.6) is 5.75 Å². The normalized spacial score (nSPS) is 10.9. The number of pyridine rings is 1. The molecule has 1 heterocycles. The minimum atomic E-state index is -0.614. The summed E-state index contributed by atoms with van der Waals surface area (Å²) in [7, 11) is 1.60. The van der Waals surface area contributed by atoms with Crippen molar-refractivity contribution in [3.63, 3.8) is 0 Å². The summed E-state index contributed by atoms with van der Waals surface area (Å²) in [5, 5.41) is 13.9. The number of para-hydroxylation sites is 1. The highest BCUT2D eigenvalue weighted by Gasteiger charge is 2.22. The van der Waals surface area contributed by atoms with Gasteiger partial charge in [-0.1, -0.05) is 18.2 Å². The Balaban J connectivity index is 2.18. The number of amides is 1. The number of fused-ring (bicyclic) bond motifs is 1. The van der Waals surface area contributed by atoms with Gasteiger partial charge in [0, 0.05) is 23.0 Å². The SMILES string of the molecule is CSc1ccc2c(c1)c(O)c(C(=O)Nc1c(C)cccc1C)c(=O)n2C. The lowest BCUT2D eigenvalue weighted by atomic mass is 10.1. The molecule has 1 aromatic heterocycles. The van der Waals surface area contributed by atoms with E-state index in [4.69, 9.17) is 0 Å². The number of hydrogen-bond donors (Lipinski definition) is 2. The van der Waals surface area contributed by atoms with Gasteiger partial charge in [0.05, 0.1) is 5.52 Å². The number of nitrogens with zero attached hydrogens (tertiary/aromatic N) is 1. The number of aromatic nitrogens is 1. The van der Waals surface area contributed by atoms with E-state index >= 15 is 0 Å². The molecule has 3 aromatic rings. The van der Waals surface area contributed by atoms with Gasteiger partial charge in [-0.3, -0.25) is 9.59 Å². The van der Waals surface area contributed by atoms with Gasteiger partial charge in [0.1, 0.15) is 11.3 Å². The van der Waals surface area contributed by atoms with E-state index < -0.39 is 11.5 Å². The summed E-state index contributed by atoms with van der Waals surface area (Å²) in [6, 6.07) is 11.1. The van der Waals surface area contributed by atoms with E-state index in [1.54, 1.807) is 19.2 Å². The monoisotopic (exact) mass is 368 g/mol. The highest BCUT2D eigenvalue weighted by Crippen LogP contribution is 2.30. The first-order valence-corrected chi connectivity index (χ1v) is 9.35. The highest BCUT2D eigenvalue weighted by atomic mass is 32.2. The molecule has 0 fully saturated rings. The number of carbonyl (C=O) groups excluding carboxylic acids is 1. The van der Waals surface area contributed by atoms with Crippen LogP contribution in [0.25, 0.3) is 10.9 Å². The van der Waals surface area contributed by atoms with E-state index in [9.17, 15) is 14.7 Å². The summed E-state index contributed by atoms with van der Waals surface area (Å²) in [6.07, 6.45) is 1.93. The molecule has 0 aliphatic rings. The number of anilines is 1. The van der Waals surface area contributed by atoms with Crippen molar-refractivity contribution in [2.24, 2.45) is 7.05 Å². The van der Waals surface area contributed by atoms with Crippen LogP contribution in [0, 0.1) is 13.8 Å². The Labute approximate surface area is 155 Å². The molecule has 1 amide bonds. The van der Waals surface area contributed by atoms with Crippen LogP contribution in [0.4, 0.5) is 5.69 Å². The van der Waals surface area contributed by atoms with Crippen LogP contribution in [0.1, 0.15) is 21.5 Å². The summed E-state index contributed by atoms with van der Waals surface area (Å²) in [5.41, 5.74) is 2.22. The molecule has 0 radical (unpaired) electrons.